The molecule has 2 aromatic rings. The third-order valence-corrected chi connectivity index (χ3v) is 5.92. The zero-order valence-electron chi connectivity index (χ0n) is 18.8. The third kappa shape index (κ3) is 6.51. The van der Waals surface area contributed by atoms with Gasteiger partial charge in [-0.15, -0.1) is 0 Å². The summed E-state index contributed by atoms with van der Waals surface area (Å²) >= 11 is 6.06. The third-order valence-electron chi connectivity index (χ3n) is 5.65. The number of anilines is 1. The van der Waals surface area contributed by atoms with Crippen molar-refractivity contribution in [3.8, 4) is 5.75 Å². The Hall–Kier alpha value is -2.52. The monoisotopic (exact) mass is 484 g/mol. The highest BCUT2D eigenvalue weighted by atomic mass is 35.5. The summed E-state index contributed by atoms with van der Waals surface area (Å²) in [5.74, 6) is 1.21. The van der Waals surface area contributed by atoms with Crippen molar-refractivity contribution in [2.75, 3.05) is 44.7 Å². The summed E-state index contributed by atoms with van der Waals surface area (Å²) in [6.07, 6.45) is -3.69. The Morgan fingerprint density at radius 1 is 1.18 bits per heavy atom. The fraction of sp³-hybridized carbons (Fsp3) is 0.478. The van der Waals surface area contributed by atoms with Crippen molar-refractivity contribution in [2.45, 2.75) is 26.1 Å². The molecule has 2 heterocycles. The van der Waals surface area contributed by atoms with Crippen molar-refractivity contribution in [3.05, 3.63) is 52.7 Å². The SMILES string of the molecule is COc1ccc(C(NC(=O)CN2CCN(c3ncc(C(F)(F)F)cc3Cl)CC2)C(C)C)cc1. The van der Waals surface area contributed by atoms with Crippen molar-refractivity contribution in [1.29, 1.82) is 0 Å². The first-order chi connectivity index (χ1) is 15.6. The Balaban J connectivity index is 1.55. The van der Waals surface area contributed by atoms with Crippen LogP contribution in [0.25, 0.3) is 0 Å². The maximum atomic E-state index is 12.8. The number of nitrogens with zero attached hydrogens (tertiary/aromatic N) is 3. The lowest BCUT2D eigenvalue weighted by molar-refractivity contribution is -0.137. The predicted molar refractivity (Wildman–Crippen MR) is 122 cm³/mol. The zero-order chi connectivity index (χ0) is 24.2. The molecule has 3 rings (SSSR count). The number of piperazine rings is 1. The fourth-order valence-corrected chi connectivity index (χ4v) is 4.09. The number of nitrogens with one attached hydrogen (secondary N) is 1. The van der Waals surface area contributed by atoms with Crippen LogP contribution in [0.4, 0.5) is 19.0 Å². The molecule has 0 radical (unpaired) electrons. The Morgan fingerprint density at radius 2 is 1.82 bits per heavy atom. The Bertz CT molecular complexity index is 946. The topological polar surface area (TPSA) is 57.7 Å². The molecule has 1 N–H and O–H groups in total. The van der Waals surface area contributed by atoms with Crippen LogP contribution in [-0.4, -0.2) is 55.6 Å². The highest BCUT2D eigenvalue weighted by molar-refractivity contribution is 6.33. The molecule has 180 valence electrons. The highest BCUT2D eigenvalue weighted by Gasteiger charge is 2.32. The maximum Gasteiger partial charge on any atom is 0.417 e. The number of rotatable bonds is 7. The number of benzene rings is 1. The molecule has 1 aliphatic rings. The number of ether oxygens (including phenoxy) is 1. The molecule has 1 aliphatic heterocycles. The summed E-state index contributed by atoms with van der Waals surface area (Å²) in [6, 6.07) is 8.41. The number of halogens is 4. The minimum atomic E-state index is -4.49. The van der Waals surface area contributed by atoms with Gasteiger partial charge in [0.2, 0.25) is 5.91 Å². The molecule has 1 aromatic heterocycles. The summed E-state index contributed by atoms with van der Waals surface area (Å²) in [7, 11) is 1.61. The second kappa shape index (κ2) is 10.6. The number of hydrogen-bond acceptors (Lipinski definition) is 5. The van der Waals surface area contributed by atoms with E-state index in [0.717, 1.165) is 23.6 Å². The first-order valence-corrected chi connectivity index (χ1v) is 11.1. The van der Waals surface area contributed by atoms with Crippen molar-refractivity contribution < 1.29 is 22.7 Å². The summed E-state index contributed by atoms with van der Waals surface area (Å²) in [5, 5.41) is 3.08. The van der Waals surface area contributed by atoms with Crippen LogP contribution in [0.5, 0.6) is 5.75 Å². The molecule has 33 heavy (non-hydrogen) atoms. The lowest BCUT2D eigenvalue weighted by atomic mass is 9.96. The number of amides is 1. The number of alkyl halides is 3. The molecular formula is C23H28ClF3N4O2. The van der Waals surface area contributed by atoms with Crippen LogP contribution in [0.3, 0.4) is 0 Å². The van der Waals surface area contributed by atoms with Gasteiger partial charge in [-0.3, -0.25) is 9.69 Å². The molecular weight excluding hydrogens is 457 g/mol. The fourth-order valence-electron chi connectivity index (χ4n) is 3.80. The smallest absolute Gasteiger partial charge is 0.417 e. The van der Waals surface area contributed by atoms with E-state index in [2.05, 4.69) is 24.1 Å². The molecule has 1 fully saturated rings. The van der Waals surface area contributed by atoms with E-state index in [-0.39, 0.29) is 29.4 Å². The predicted octanol–water partition coefficient (Wildman–Crippen LogP) is 4.40. The average molecular weight is 485 g/mol. The van der Waals surface area contributed by atoms with Crippen LogP contribution in [0.15, 0.2) is 36.5 Å². The number of hydrogen-bond donors (Lipinski definition) is 1. The lowest BCUT2D eigenvalue weighted by Crippen LogP contribution is -2.50. The van der Waals surface area contributed by atoms with Crippen LogP contribution in [-0.2, 0) is 11.0 Å². The van der Waals surface area contributed by atoms with Gasteiger partial charge in [0.05, 0.1) is 30.3 Å². The summed E-state index contributed by atoms with van der Waals surface area (Å²) in [4.78, 5) is 20.5. The molecule has 1 atom stereocenters. The van der Waals surface area contributed by atoms with E-state index in [1.54, 1.807) is 7.11 Å². The molecule has 10 heteroatoms. The maximum absolute atomic E-state index is 12.8. The van der Waals surface area contributed by atoms with E-state index >= 15 is 0 Å². The standard InChI is InChI=1S/C23H28ClF3N4O2/c1-15(2)21(16-4-6-18(33-3)7-5-16)29-20(32)14-30-8-10-31(11-9-30)22-19(24)12-17(13-28-22)23(25,26)27/h4-7,12-13,15,21H,8-11,14H2,1-3H3,(H,29,32). The normalized spacial score (nSPS) is 16.1. The first-order valence-electron chi connectivity index (χ1n) is 10.7. The van der Waals surface area contributed by atoms with Crippen molar-refractivity contribution >= 4 is 23.3 Å². The van der Waals surface area contributed by atoms with Gasteiger partial charge >= 0.3 is 6.18 Å². The van der Waals surface area contributed by atoms with Crippen LogP contribution >= 0.6 is 11.6 Å². The van der Waals surface area contributed by atoms with E-state index in [1.165, 1.54) is 0 Å². The molecule has 1 aromatic carbocycles. The average Bonchev–Trinajstić information content (AvgIpc) is 2.77. The molecule has 1 saturated heterocycles. The molecule has 0 aliphatic carbocycles. The van der Waals surface area contributed by atoms with Crippen molar-refractivity contribution in [3.63, 3.8) is 0 Å². The first kappa shape index (κ1) is 25.1. The van der Waals surface area contributed by atoms with Gasteiger partial charge in [0.1, 0.15) is 11.6 Å². The Morgan fingerprint density at radius 3 is 2.33 bits per heavy atom. The Labute approximate surface area is 196 Å². The minimum absolute atomic E-state index is 0.0321. The van der Waals surface area contributed by atoms with Gasteiger partial charge in [-0.2, -0.15) is 13.2 Å². The summed E-state index contributed by atoms with van der Waals surface area (Å²) in [6.45, 7) is 6.50. The molecule has 1 amide bonds. The molecule has 6 nitrogen and oxygen atoms in total. The minimum Gasteiger partial charge on any atom is -0.497 e. The van der Waals surface area contributed by atoms with Crippen LogP contribution in [0.2, 0.25) is 5.02 Å². The van der Waals surface area contributed by atoms with Crippen molar-refractivity contribution in [2.24, 2.45) is 5.92 Å². The van der Waals surface area contributed by atoms with Gasteiger partial charge in [-0.05, 0) is 29.7 Å². The molecule has 0 saturated carbocycles. The zero-order valence-corrected chi connectivity index (χ0v) is 19.6. The van der Waals surface area contributed by atoms with Gasteiger partial charge in [0, 0.05) is 32.4 Å². The van der Waals surface area contributed by atoms with Gasteiger partial charge in [-0.25, -0.2) is 4.98 Å². The van der Waals surface area contributed by atoms with E-state index in [9.17, 15) is 18.0 Å². The van der Waals surface area contributed by atoms with Crippen LogP contribution in [0.1, 0.15) is 31.0 Å². The van der Waals surface area contributed by atoms with Crippen LogP contribution in [0, 0.1) is 5.92 Å². The number of carbonyl (C=O) groups excluding carboxylic acids is 1. The number of carbonyl (C=O) groups is 1. The van der Waals surface area contributed by atoms with Gasteiger partial charge in [-0.1, -0.05) is 37.6 Å². The Kier molecular flexibility index (Phi) is 8.07. The van der Waals surface area contributed by atoms with Gasteiger partial charge in [0.25, 0.3) is 0 Å². The molecule has 0 spiro atoms. The quantitative estimate of drug-likeness (QED) is 0.631. The van der Waals surface area contributed by atoms with E-state index in [1.807, 2.05) is 34.1 Å². The molecule has 0 bridgehead atoms. The molecule has 1 unspecified atom stereocenters. The largest absolute Gasteiger partial charge is 0.497 e. The van der Waals surface area contributed by atoms with Gasteiger partial charge in [0.15, 0.2) is 0 Å². The lowest BCUT2D eigenvalue weighted by Gasteiger charge is -2.35. The number of pyridine rings is 1. The van der Waals surface area contributed by atoms with Gasteiger partial charge < -0.3 is 15.0 Å². The van der Waals surface area contributed by atoms with Crippen molar-refractivity contribution in [1.82, 2.24) is 15.2 Å². The highest BCUT2D eigenvalue weighted by Crippen LogP contribution is 2.33. The summed E-state index contributed by atoms with van der Waals surface area (Å²) in [5.41, 5.74) is 0.134. The van der Waals surface area contributed by atoms with Crippen LogP contribution < -0.4 is 15.0 Å². The van der Waals surface area contributed by atoms with E-state index < -0.39 is 11.7 Å². The summed E-state index contributed by atoms with van der Waals surface area (Å²) < 4.78 is 43.7. The number of methoxy groups -OCH3 is 1. The second-order valence-electron chi connectivity index (χ2n) is 8.35. The van der Waals surface area contributed by atoms with E-state index in [0.29, 0.717) is 32.0 Å². The number of aromatic nitrogens is 1. The van der Waals surface area contributed by atoms with E-state index in [4.69, 9.17) is 16.3 Å². The second-order valence-corrected chi connectivity index (χ2v) is 8.76.